The van der Waals surface area contributed by atoms with E-state index in [1.807, 2.05) is 84.9 Å². The summed E-state index contributed by atoms with van der Waals surface area (Å²) in [5.41, 5.74) is 9.32. The van der Waals surface area contributed by atoms with Crippen molar-refractivity contribution in [2.45, 2.75) is 0 Å². The number of anilines is 1. The third kappa shape index (κ3) is 4.56. The van der Waals surface area contributed by atoms with E-state index >= 15 is 0 Å². The Kier molecular flexibility index (Phi) is 5.26. The standard InChI is InChI=1S/C19H16IN3/c20-16-11-13-17(14-12-16)21-19(15-7-3-1-4-8-15)23-22-18-9-5-2-6-10-18/h1-14,22H,(H,21,23). The minimum Gasteiger partial charge on any atom is -0.300 e. The van der Waals surface area contributed by atoms with Crippen molar-refractivity contribution >= 4 is 39.8 Å². The molecule has 0 fully saturated rings. The van der Waals surface area contributed by atoms with Crippen LogP contribution in [0.1, 0.15) is 5.56 Å². The van der Waals surface area contributed by atoms with Gasteiger partial charge in [-0.25, -0.2) is 4.99 Å². The molecule has 2 N–H and O–H groups in total. The van der Waals surface area contributed by atoms with Crippen molar-refractivity contribution in [1.29, 1.82) is 0 Å². The van der Waals surface area contributed by atoms with Gasteiger partial charge in [0.15, 0.2) is 5.84 Å². The highest BCUT2D eigenvalue weighted by molar-refractivity contribution is 14.1. The fourth-order valence-corrected chi connectivity index (χ4v) is 2.42. The first-order valence-corrected chi connectivity index (χ1v) is 8.36. The molecule has 3 nitrogen and oxygen atoms in total. The highest BCUT2D eigenvalue weighted by Crippen LogP contribution is 2.16. The number of hydrogen-bond acceptors (Lipinski definition) is 2. The topological polar surface area (TPSA) is 36.4 Å². The van der Waals surface area contributed by atoms with Crippen molar-refractivity contribution in [2.24, 2.45) is 4.99 Å². The first kappa shape index (κ1) is 15.6. The van der Waals surface area contributed by atoms with Crippen LogP contribution in [0.25, 0.3) is 0 Å². The van der Waals surface area contributed by atoms with Gasteiger partial charge in [0.25, 0.3) is 0 Å². The van der Waals surface area contributed by atoms with Gasteiger partial charge in [0.05, 0.1) is 11.4 Å². The number of hydrazine groups is 1. The number of benzene rings is 3. The fraction of sp³-hybridized carbons (Fsp3) is 0. The molecule has 0 heterocycles. The van der Waals surface area contributed by atoms with Crippen molar-refractivity contribution in [3.05, 3.63) is 94.1 Å². The summed E-state index contributed by atoms with van der Waals surface area (Å²) in [4.78, 5) is 4.72. The van der Waals surface area contributed by atoms with Crippen LogP contribution >= 0.6 is 22.6 Å². The highest BCUT2D eigenvalue weighted by atomic mass is 127. The van der Waals surface area contributed by atoms with Gasteiger partial charge in [-0.1, -0.05) is 48.5 Å². The molecule has 114 valence electrons. The van der Waals surface area contributed by atoms with E-state index in [-0.39, 0.29) is 0 Å². The second kappa shape index (κ2) is 7.78. The smallest absolute Gasteiger partial charge is 0.152 e. The molecule has 0 amide bonds. The van der Waals surface area contributed by atoms with E-state index in [1.165, 1.54) is 3.57 Å². The molecule has 0 atom stereocenters. The van der Waals surface area contributed by atoms with E-state index in [0.29, 0.717) is 0 Å². The molecule has 0 spiro atoms. The third-order valence-electron chi connectivity index (χ3n) is 3.21. The van der Waals surface area contributed by atoms with Gasteiger partial charge in [-0.3, -0.25) is 10.9 Å². The lowest BCUT2D eigenvalue weighted by molar-refractivity contribution is 1.11. The molecule has 0 radical (unpaired) electrons. The molecule has 0 aliphatic rings. The molecule has 0 saturated heterocycles. The van der Waals surface area contributed by atoms with Gasteiger partial charge in [-0.15, -0.1) is 0 Å². The van der Waals surface area contributed by atoms with Crippen molar-refractivity contribution in [3.63, 3.8) is 0 Å². The van der Waals surface area contributed by atoms with E-state index in [9.17, 15) is 0 Å². The van der Waals surface area contributed by atoms with Crippen molar-refractivity contribution < 1.29 is 0 Å². The van der Waals surface area contributed by atoms with Crippen LogP contribution in [0.2, 0.25) is 0 Å². The predicted octanol–water partition coefficient (Wildman–Crippen LogP) is 4.99. The van der Waals surface area contributed by atoms with Crippen LogP contribution in [0.4, 0.5) is 11.4 Å². The first-order chi connectivity index (χ1) is 11.3. The van der Waals surface area contributed by atoms with Gasteiger partial charge in [0.1, 0.15) is 0 Å². The van der Waals surface area contributed by atoms with Crippen LogP contribution < -0.4 is 10.9 Å². The number of nitrogens with one attached hydrogen (secondary N) is 2. The summed E-state index contributed by atoms with van der Waals surface area (Å²) in [6, 6.07) is 28.1. The van der Waals surface area contributed by atoms with Crippen LogP contribution in [0, 0.1) is 3.57 Å². The molecule has 0 unspecified atom stereocenters. The van der Waals surface area contributed by atoms with E-state index in [0.717, 1.165) is 22.8 Å². The molecule has 3 rings (SSSR count). The van der Waals surface area contributed by atoms with Crippen molar-refractivity contribution in [2.75, 3.05) is 5.43 Å². The number of aliphatic imine (C=N–C) groups is 1. The Morgan fingerprint density at radius 2 is 1.35 bits per heavy atom. The predicted molar refractivity (Wildman–Crippen MR) is 105 cm³/mol. The largest absolute Gasteiger partial charge is 0.300 e. The van der Waals surface area contributed by atoms with E-state index in [1.54, 1.807) is 0 Å². The lowest BCUT2D eigenvalue weighted by atomic mass is 10.2. The van der Waals surface area contributed by atoms with Crippen molar-refractivity contribution in [3.8, 4) is 0 Å². The minimum absolute atomic E-state index is 0.774. The molecule has 23 heavy (non-hydrogen) atoms. The van der Waals surface area contributed by atoms with Gasteiger partial charge in [0, 0.05) is 9.13 Å². The molecule has 4 heteroatoms. The Hall–Kier alpha value is -2.34. The van der Waals surface area contributed by atoms with Crippen LogP contribution in [0.15, 0.2) is 89.9 Å². The number of hydrogen-bond donors (Lipinski definition) is 2. The summed E-state index contributed by atoms with van der Waals surface area (Å²) in [7, 11) is 0. The Labute approximate surface area is 149 Å². The average molecular weight is 413 g/mol. The quantitative estimate of drug-likeness (QED) is 0.274. The van der Waals surface area contributed by atoms with Gasteiger partial charge < -0.3 is 0 Å². The normalized spacial score (nSPS) is 11.1. The van der Waals surface area contributed by atoms with Crippen molar-refractivity contribution in [1.82, 2.24) is 5.43 Å². The number of amidine groups is 1. The number of nitrogens with zero attached hydrogens (tertiary/aromatic N) is 1. The number of para-hydroxylation sites is 1. The monoisotopic (exact) mass is 413 g/mol. The maximum Gasteiger partial charge on any atom is 0.152 e. The summed E-state index contributed by atoms with van der Waals surface area (Å²) >= 11 is 2.29. The lowest BCUT2D eigenvalue weighted by Gasteiger charge is -2.12. The molecule has 3 aromatic carbocycles. The molecule has 0 saturated carbocycles. The van der Waals surface area contributed by atoms with Crippen LogP contribution in [-0.4, -0.2) is 5.84 Å². The van der Waals surface area contributed by atoms with E-state index in [4.69, 9.17) is 4.99 Å². The lowest BCUT2D eigenvalue weighted by Crippen LogP contribution is -2.30. The Bertz CT molecular complexity index is 769. The molecule has 0 aliphatic carbocycles. The first-order valence-electron chi connectivity index (χ1n) is 7.28. The molecule has 0 aromatic heterocycles. The van der Waals surface area contributed by atoms with Crippen LogP contribution in [0.5, 0.6) is 0 Å². The van der Waals surface area contributed by atoms with Gasteiger partial charge in [0.2, 0.25) is 0 Å². The highest BCUT2D eigenvalue weighted by Gasteiger charge is 2.03. The third-order valence-corrected chi connectivity index (χ3v) is 3.93. The maximum absolute atomic E-state index is 4.72. The molecular weight excluding hydrogens is 397 g/mol. The molecule has 0 bridgehead atoms. The Morgan fingerprint density at radius 1 is 0.739 bits per heavy atom. The fourth-order valence-electron chi connectivity index (χ4n) is 2.06. The second-order valence-corrected chi connectivity index (χ2v) is 6.16. The van der Waals surface area contributed by atoms with Crippen LogP contribution in [-0.2, 0) is 0 Å². The summed E-state index contributed by atoms with van der Waals surface area (Å²) in [6.45, 7) is 0. The summed E-state index contributed by atoms with van der Waals surface area (Å²) < 4.78 is 1.19. The average Bonchev–Trinajstić information content (AvgIpc) is 2.62. The Balaban J connectivity index is 1.86. The van der Waals surface area contributed by atoms with E-state index < -0.39 is 0 Å². The Morgan fingerprint density at radius 3 is 2.00 bits per heavy atom. The zero-order chi connectivity index (χ0) is 15.9. The molecule has 3 aromatic rings. The van der Waals surface area contributed by atoms with Gasteiger partial charge in [-0.2, -0.15) is 0 Å². The maximum atomic E-state index is 4.72. The SMILES string of the molecule is Ic1ccc(N=C(NNc2ccccc2)c2ccccc2)cc1. The number of rotatable bonds is 4. The second-order valence-electron chi connectivity index (χ2n) is 4.92. The zero-order valence-electron chi connectivity index (χ0n) is 12.4. The van der Waals surface area contributed by atoms with Gasteiger partial charge >= 0.3 is 0 Å². The minimum atomic E-state index is 0.774. The number of halogens is 1. The van der Waals surface area contributed by atoms with Crippen LogP contribution in [0.3, 0.4) is 0 Å². The van der Waals surface area contributed by atoms with E-state index in [2.05, 4.69) is 33.4 Å². The summed E-state index contributed by atoms with van der Waals surface area (Å²) in [5, 5.41) is 0. The summed E-state index contributed by atoms with van der Waals surface area (Å²) in [5.74, 6) is 0.774. The van der Waals surface area contributed by atoms with Gasteiger partial charge in [-0.05, 0) is 59.0 Å². The zero-order valence-corrected chi connectivity index (χ0v) is 14.6. The molecular formula is C19H16IN3. The summed E-state index contributed by atoms with van der Waals surface area (Å²) in [6.07, 6.45) is 0. The molecule has 0 aliphatic heterocycles.